The minimum absolute atomic E-state index is 0.198. The number of nitrogen functional groups attached to an aromatic ring is 1. The van der Waals surface area contributed by atoms with Gasteiger partial charge in [-0.1, -0.05) is 24.3 Å². The zero-order valence-corrected chi connectivity index (χ0v) is 12.4. The van der Waals surface area contributed by atoms with Crippen LogP contribution in [0.25, 0.3) is 0 Å². The Labute approximate surface area is 121 Å². The highest BCUT2D eigenvalue weighted by molar-refractivity contribution is 9.10. The number of carbonyl (C=O) groups is 1. The Morgan fingerprint density at radius 3 is 2.32 bits per heavy atom. The van der Waals surface area contributed by atoms with Crippen molar-refractivity contribution in [1.82, 2.24) is 0 Å². The minimum Gasteiger partial charge on any atom is -0.397 e. The standard InChI is InChI=1S/C15H15BrN2O/c1-9-5-3-6-10(2)14(9)18-15(19)11-7-4-8-12(16)13(11)17/h3-8H,17H2,1-2H3,(H,18,19). The number of para-hydroxylation sites is 2. The van der Waals surface area contributed by atoms with Gasteiger partial charge in [0.05, 0.1) is 11.3 Å². The van der Waals surface area contributed by atoms with Gasteiger partial charge in [0.25, 0.3) is 5.91 Å². The van der Waals surface area contributed by atoms with E-state index in [0.29, 0.717) is 11.3 Å². The molecule has 0 heterocycles. The molecule has 98 valence electrons. The molecule has 2 aromatic carbocycles. The number of anilines is 2. The van der Waals surface area contributed by atoms with Crippen LogP contribution in [-0.2, 0) is 0 Å². The van der Waals surface area contributed by atoms with E-state index in [2.05, 4.69) is 21.2 Å². The maximum absolute atomic E-state index is 12.3. The lowest BCUT2D eigenvalue weighted by Crippen LogP contribution is -2.15. The van der Waals surface area contributed by atoms with Crippen LogP contribution >= 0.6 is 15.9 Å². The number of nitrogens with two attached hydrogens (primary N) is 1. The molecule has 3 nitrogen and oxygen atoms in total. The SMILES string of the molecule is Cc1cccc(C)c1NC(=O)c1cccc(Br)c1N. The zero-order valence-electron chi connectivity index (χ0n) is 10.8. The van der Waals surface area contributed by atoms with Crippen LogP contribution in [0.3, 0.4) is 0 Å². The summed E-state index contributed by atoms with van der Waals surface area (Å²) in [6.45, 7) is 3.93. The summed E-state index contributed by atoms with van der Waals surface area (Å²) in [5, 5.41) is 2.92. The van der Waals surface area contributed by atoms with Crippen molar-refractivity contribution in [2.24, 2.45) is 0 Å². The van der Waals surface area contributed by atoms with E-state index in [4.69, 9.17) is 5.73 Å². The van der Waals surface area contributed by atoms with Crippen molar-refractivity contribution < 1.29 is 4.79 Å². The molecule has 0 aliphatic heterocycles. The Hall–Kier alpha value is -1.81. The number of carbonyl (C=O) groups excluding carboxylic acids is 1. The lowest BCUT2D eigenvalue weighted by Gasteiger charge is -2.13. The highest BCUT2D eigenvalue weighted by Gasteiger charge is 2.13. The van der Waals surface area contributed by atoms with Crippen molar-refractivity contribution in [1.29, 1.82) is 0 Å². The molecule has 0 saturated carbocycles. The van der Waals surface area contributed by atoms with E-state index in [0.717, 1.165) is 21.3 Å². The van der Waals surface area contributed by atoms with Crippen LogP contribution in [-0.4, -0.2) is 5.91 Å². The zero-order chi connectivity index (χ0) is 14.0. The van der Waals surface area contributed by atoms with Gasteiger partial charge >= 0.3 is 0 Å². The molecule has 0 unspecified atom stereocenters. The number of aryl methyl sites for hydroxylation is 2. The number of amides is 1. The molecule has 4 heteroatoms. The van der Waals surface area contributed by atoms with Gasteiger partial charge < -0.3 is 11.1 Å². The highest BCUT2D eigenvalue weighted by Crippen LogP contribution is 2.25. The van der Waals surface area contributed by atoms with E-state index in [1.54, 1.807) is 12.1 Å². The molecule has 2 aromatic rings. The molecule has 0 atom stereocenters. The molecule has 0 bridgehead atoms. The fourth-order valence-corrected chi connectivity index (χ4v) is 2.29. The van der Waals surface area contributed by atoms with Crippen molar-refractivity contribution in [2.75, 3.05) is 11.1 Å². The normalized spacial score (nSPS) is 10.3. The smallest absolute Gasteiger partial charge is 0.257 e. The Bertz CT molecular complexity index is 618. The fourth-order valence-electron chi connectivity index (χ4n) is 1.93. The molecule has 19 heavy (non-hydrogen) atoms. The predicted octanol–water partition coefficient (Wildman–Crippen LogP) is 3.90. The summed E-state index contributed by atoms with van der Waals surface area (Å²) in [6, 6.07) is 11.2. The quantitative estimate of drug-likeness (QED) is 0.825. The molecule has 0 aliphatic carbocycles. The van der Waals surface area contributed by atoms with Crippen molar-refractivity contribution in [3.8, 4) is 0 Å². The number of halogens is 1. The summed E-state index contributed by atoms with van der Waals surface area (Å²) in [7, 11) is 0. The molecule has 0 aliphatic rings. The third kappa shape index (κ3) is 2.79. The average Bonchev–Trinajstić information content (AvgIpc) is 2.37. The largest absolute Gasteiger partial charge is 0.397 e. The summed E-state index contributed by atoms with van der Waals surface area (Å²) in [6.07, 6.45) is 0. The van der Waals surface area contributed by atoms with Crippen LogP contribution in [0.4, 0.5) is 11.4 Å². The topological polar surface area (TPSA) is 55.1 Å². The number of hydrogen-bond donors (Lipinski definition) is 2. The van der Waals surface area contributed by atoms with Gasteiger partial charge in [-0.05, 0) is 53.0 Å². The first-order chi connectivity index (χ1) is 9.00. The van der Waals surface area contributed by atoms with E-state index in [1.807, 2.05) is 38.1 Å². The molecule has 1 amide bonds. The Balaban J connectivity index is 2.34. The number of nitrogens with one attached hydrogen (secondary N) is 1. The average molecular weight is 319 g/mol. The van der Waals surface area contributed by atoms with Gasteiger partial charge in [-0.25, -0.2) is 0 Å². The monoisotopic (exact) mass is 318 g/mol. The van der Waals surface area contributed by atoms with Crippen LogP contribution in [0, 0.1) is 13.8 Å². The second kappa shape index (κ2) is 5.45. The lowest BCUT2D eigenvalue weighted by molar-refractivity contribution is 0.102. The second-order valence-corrected chi connectivity index (χ2v) is 5.28. The van der Waals surface area contributed by atoms with Crippen LogP contribution in [0.1, 0.15) is 21.5 Å². The molecule has 3 N–H and O–H groups in total. The van der Waals surface area contributed by atoms with Gasteiger partial charge in [0, 0.05) is 10.2 Å². The molecule has 2 rings (SSSR count). The Morgan fingerprint density at radius 1 is 1.11 bits per heavy atom. The van der Waals surface area contributed by atoms with E-state index >= 15 is 0 Å². The molecule has 0 fully saturated rings. The van der Waals surface area contributed by atoms with Gasteiger partial charge in [0.15, 0.2) is 0 Å². The van der Waals surface area contributed by atoms with Crippen LogP contribution in [0.15, 0.2) is 40.9 Å². The van der Waals surface area contributed by atoms with E-state index in [1.165, 1.54) is 0 Å². The summed E-state index contributed by atoms with van der Waals surface area (Å²) in [4.78, 5) is 12.3. The van der Waals surface area contributed by atoms with Gasteiger partial charge in [-0.15, -0.1) is 0 Å². The van der Waals surface area contributed by atoms with E-state index < -0.39 is 0 Å². The molecule has 0 saturated heterocycles. The third-order valence-corrected chi connectivity index (χ3v) is 3.71. The maximum Gasteiger partial charge on any atom is 0.257 e. The fraction of sp³-hybridized carbons (Fsp3) is 0.133. The third-order valence-electron chi connectivity index (χ3n) is 3.02. The number of rotatable bonds is 2. The molecular formula is C15H15BrN2O. The molecule has 0 aromatic heterocycles. The molecular weight excluding hydrogens is 304 g/mol. The maximum atomic E-state index is 12.3. The minimum atomic E-state index is -0.198. The van der Waals surface area contributed by atoms with Gasteiger partial charge in [0.2, 0.25) is 0 Å². The first-order valence-corrected chi connectivity index (χ1v) is 6.71. The van der Waals surface area contributed by atoms with Crippen LogP contribution in [0.5, 0.6) is 0 Å². The summed E-state index contributed by atoms with van der Waals surface area (Å²) >= 11 is 3.32. The lowest BCUT2D eigenvalue weighted by atomic mass is 10.1. The van der Waals surface area contributed by atoms with Crippen LogP contribution in [0.2, 0.25) is 0 Å². The Morgan fingerprint density at radius 2 is 1.68 bits per heavy atom. The first kappa shape index (κ1) is 13.6. The van der Waals surface area contributed by atoms with Crippen molar-refractivity contribution in [3.05, 3.63) is 57.6 Å². The molecule has 0 radical (unpaired) electrons. The van der Waals surface area contributed by atoms with Gasteiger partial charge in [0.1, 0.15) is 0 Å². The second-order valence-electron chi connectivity index (χ2n) is 4.42. The highest BCUT2D eigenvalue weighted by atomic mass is 79.9. The predicted molar refractivity (Wildman–Crippen MR) is 82.4 cm³/mol. The summed E-state index contributed by atoms with van der Waals surface area (Å²) < 4.78 is 0.724. The van der Waals surface area contributed by atoms with E-state index in [-0.39, 0.29) is 5.91 Å². The van der Waals surface area contributed by atoms with Crippen LogP contribution < -0.4 is 11.1 Å². The van der Waals surface area contributed by atoms with Gasteiger partial charge in [-0.3, -0.25) is 4.79 Å². The van der Waals surface area contributed by atoms with Crippen molar-refractivity contribution in [2.45, 2.75) is 13.8 Å². The van der Waals surface area contributed by atoms with Crippen molar-refractivity contribution in [3.63, 3.8) is 0 Å². The summed E-state index contributed by atoms with van der Waals surface area (Å²) in [5.74, 6) is -0.198. The molecule has 0 spiro atoms. The number of hydrogen-bond acceptors (Lipinski definition) is 2. The summed E-state index contributed by atoms with van der Waals surface area (Å²) in [5.41, 5.74) is 9.72. The number of benzene rings is 2. The Kier molecular flexibility index (Phi) is 3.90. The van der Waals surface area contributed by atoms with E-state index in [9.17, 15) is 4.79 Å². The van der Waals surface area contributed by atoms with Crippen molar-refractivity contribution >= 4 is 33.2 Å². The van der Waals surface area contributed by atoms with Gasteiger partial charge in [-0.2, -0.15) is 0 Å². The first-order valence-electron chi connectivity index (χ1n) is 5.92.